The average molecular weight is 328 g/mol. The maximum Gasteiger partial charge on any atom is 0.240 e. The van der Waals surface area contributed by atoms with E-state index in [0.29, 0.717) is 11.7 Å². The molecule has 0 fully saturated rings. The van der Waals surface area contributed by atoms with Gasteiger partial charge < -0.3 is 9.42 Å². The minimum atomic E-state index is 0.0595. The summed E-state index contributed by atoms with van der Waals surface area (Å²) in [5.74, 6) is 1.27. The van der Waals surface area contributed by atoms with Crippen LogP contribution in [0.5, 0.6) is 0 Å². The van der Waals surface area contributed by atoms with Crippen molar-refractivity contribution in [3.05, 3.63) is 23.4 Å². The molecule has 0 radical (unpaired) electrons. The summed E-state index contributed by atoms with van der Waals surface area (Å²) < 4.78 is 6.22. The van der Waals surface area contributed by atoms with E-state index in [1.807, 2.05) is 24.4 Å². The van der Waals surface area contributed by atoms with Gasteiger partial charge in [-0.25, -0.2) is 0 Å². The van der Waals surface area contributed by atoms with Gasteiger partial charge in [0.1, 0.15) is 4.32 Å². The molecule has 0 aliphatic carbocycles. The van der Waals surface area contributed by atoms with Gasteiger partial charge in [-0.05, 0) is 32.2 Å². The van der Waals surface area contributed by atoms with Crippen LogP contribution in [0.4, 0.5) is 0 Å². The standard InChI is InChI=1S/C13H17N3OS3/c1-4-16(5-2)13(18)20-9(3)12-14-11(15-17-12)10-7-6-8-19-10/h6-9H,4-5H2,1-3H3/t9-/m0/s1. The second-order valence-electron chi connectivity index (χ2n) is 4.13. The van der Waals surface area contributed by atoms with E-state index in [9.17, 15) is 0 Å². The fourth-order valence-electron chi connectivity index (χ4n) is 1.66. The Hall–Kier alpha value is -0.920. The van der Waals surface area contributed by atoms with Gasteiger partial charge in [0.05, 0.1) is 10.1 Å². The van der Waals surface area contributed by atoms with Crippen LogP contribution in [0, 0.1) is 0 Å². The topological polar surface area (TPSA) is 42.2 Å². The lowest BCUT2D eigenvalue weighted by molar-refractivity contribution is 0.381. The van der Waals surface area contributed by atoms with Crippen LogP contribution in [-0.4, -0.2) is 32.5 Å². The lowest BCUT2D eigenvalue weighted by Crippen LogP contribution is -2.27. The predicted octanol–water partition coefficient (Wildman–Crippen LogP) is 4.22. The van der Waals surface area contributed by atoms with Crippen LogP contribution in [0.2, 0.25) is 0 Å². The molecule has 0 bridgehead atoms. The Kier molecular flexibility index (Phi) is 5.56. The minimum absolute atomic E-state index is 0.0595. The Labute approximate surface area is 132 Å². The molecule has 0 spiro atoms. The Balaban J connectivity index is 2.03. The highest BCUT2D eigenvalue weighted by atomic mass is 32.2. The van der Waals surface area contributed by atoms with E-state index < -0.39 is 0 Å². The van der Waals surface area contributed by atoms with Crippen LogP contribution < -0.4 is 0 Å². The van der Waals surface area contributed by atoms with E-state index in [1.54, 1.807) is 23.1 Å². The summed E-state index contributed by atoms with van der Waals surface area (Å²) in [6.07, 6.45) is 0. The van der Waals surface area contributed by atoms with E-state index in [0.717, 1.165) is 22.3 Å². The Morgan fingerprint density at radius 1 is 1.50 bits per heavy atom. The monoisotopic (exact) mass is 327 g/mol. The number of thiophene rings is 1. The summed E-state index contributed by atoms with van der Waals surface area (Å²) in [4.78, 5) is 7.61. The zero-order chi connectivity index (χ0) is 14.5. The number of nitrogens with zero attached hydrogens (tertiary/aromatic N) is 3. The minimum Gasteiger partial charge on any atom is -0.358 e. The Morgan fingerprint density at radius 3 is 2.85 bits per heavy atom. The molecular weight excluding hydrogens is 310 g/mol. The highest BCUT2D eigenvalue weighted by Crippen LogP contribution is 2.31. The second kappa shape index (κ2) is 7.19. The molecule has 0 saturated carbocycles. The van der Waals surface area contributed by atoms with E-state index in [-0.39, 0.29) is 5.25 Å². The van der Waals surface area contributed by atoms with E-state index in [4.69, 9.17) is 16.7 Å². The predicted molar refractivity (Wildman–Crippen MR) is 89.1 cm³/mol. The number of hydrogen-bond acceptors (Lipinski definition) is 6. The molecule has 108 valence electrons. The third-order valence-electron chi connectivity index (χ3n) is 2.83. The van der Waals surface area contributed by atoms with Crippen LogP contribution in [0.25, 0.3) is 10.7 Å². The van der Waals surface area contributed by atoms with Gasteiger partial charge in [-0.2, -0.15) is 4.98 Å². The molecule has 0 aliphatic rings. The summed E-state index contributed by atoms with van der Waals surface area (Å²) in [7, 11) is 0. The summed E-state index contributed by atoms with van der Waals surface area (Å²) in [6.45, 7) is 8.07. The molecule has 0 amide bonds. The first-order valence-corrected chi connectivity index (χ1v) is 8.65. The van der Waals surface area contributed by atoms with Gasteiger partial charge in [-0.15, -0.1) is 11.3 Å². The molecule has 2 heterocycles. The van der Waals surface area contributed by atoms with Crippen molar-refractivity contribution in [2.45, 2.75) is 26.0 Å². The van der Waals surface area contributed by atoms with Crippen LogP contribution in [0.3, 0.4) is 0 Å². The molecule has 2 aromatic heterocycles. The number of thiocarbonyl (C=S) groups is 1. The second-order valence-corrected chi connectivity index (χ2v) is 7.05. The first-order valence-electron chi connectivity index (χ1n) is 6.48. The lowest BCUT2D eigenvalue weighted by atomic mass is 10.4. The van der Waals surface area contributed by atoms with Crippen molar-refractivity contribution in [1.82, 2.24) is 15.0 Å². The third-order valence-corrected chi connectivity index (χ3v) is 5.26. The fourth-order valence-corrected chi connectivity index (χ4v) is 3.91. The van der Waals surface area contributed by atoms with Gasteiger partial charge in [0.25, 0.3) is 0 Å². The van der Waals surface area contributed by atoms with Crippen LogP contribution >= 0.6 is 35.3 Å². The van der Waals surface area contributed by atoms with Gasteiger partial charge >= 0.3 is 0 Å². The highest BCUT2D eigenvalue weighted by molar-refractivity contribution is 8.23. The fraction of sp³-hybridized carbons (Fsp3) is 0.462. The normalized spacial score (nSPS) is 12.3. The summed E-state index contributed by atoms with van der Waals surface area (Å²) >= 11 is 8.62. The summed E-state index contributed by atoms with van der Waals surface area (Å²) in [5.41, 5.74) is 0. The number of hydrogen-bond donors (Lipinski definition) is 0. The van der Waals surface area contributed by atoms with Gasteiger partial charge in [0.15, 0.2) is 0 Å². The van der Waals surface area contributed by atoms with Crippen molar-refractivity contribution in [3.8, 4) is 10.7 Å². The molecule has 20 heavy (non-hydrogen) atoms. The van der Waals surface area contributed by atoms with E-state index >= 15 is 0 Å². The number of aromatic nitrogens is 2. The first kappa shape index (κ1) is 15.5. The molecule has 0 unspecified atom stereocenters. The van der Waals surface area contributed by atoms with E-state index in [1.165, 1.54) is 0 Å². The molecule has 0 N–H and O–H groups in total. The Morgan fingerprint density at radius 2 is 2.25 bits per heavy atom. The molecule has 7 heteroatoms. The van der Waals surface area contributed by atoms with Gasteiger partial charge in [-0.3, -0.25) is 0 Å². The molecule has 0 saturated heterocycles. The van der Waals surface area contributed by atoms with Crippen molar-refractivity contribution in [1.29, 1.82) is 0 Å². The quantitative estimate of drug-likeness (QED) is 0.766. The van der Waals surface area contributed by atoms with Gasteiger partial charge in [0, 0.05) is 13.1 Å². The van der Waals surface area contributed by atoms with Crippen LogP contribution in [0.15, 0.2) is 22.0 Å². The van der Waals surface area contributed by atoms with E-state index in [2.05, 4.69) is 28.9 Å². The SMILES string of the molecule is CCN(CC)C(=S)S[C@@H](C)c1nc(-c2cccs2)no1. The summed E-state index contributed by atoms with van der Waals surface area (Å²) in [6, 6.07) is 3.96. The van der Waals surface area contributed by atoms with Crippen molar-refractivity contribution in [2.75, 3.05) is 13.1 Å². The lowest BCUT2D eigenvalue weighted by Gasteiger charge is -2.22. The highest BCUT2D eigenvalue weighted by Gasteiger charge is 2.19. The van der Waals surface area contributed by atoms with Gasteiger partial charge in [-0.1, -0.05) is 35.2 Å². The molecule has 0 aromatic carbocycles. The molecule has 0 aliphatic heterocycles. The molecule has 2 aromatic rings. The third kappa shape index (κ3) is 3.59. The number of rotatable bonds is 5. The first-order chi connectivity index (χ1) is 9.65. The zero-order valence-corrected chi connectivity index (χ0v) is 14.1. The maximum absolute atomic E-state index is 5.44. The molecular formula is C13H17N3OS3. The number of thioether (sulfide) groups is 1. The zero-order valence-electron chi connectivity index (χ0n) is 11.7. The van der Waals surface area contributed by atoms with Crippen molar-refractivity contribution < 1.29 is 4.52 Å². The van der Waals surface area contributed by atoms with Crippen molar-refractivity contribution in [2.24, 2.45) is 0 Å². The smallest absolute Gasteiger partial charge is 0.240 e. The molecule has 2 rings (SSSR count). The van der Waals surface area contributed by atoms with Crippen LogP contribution in [-0.2, 0) is 0 Å². The van der Waals surface area contributed by atoms with Gasteiger partial charge in [0.2, 0.25) is 11.7 Å². The van der Waals surface area contributed by atoms with Crippen molar-refractivity contribution >= 4 is 39.6 Å². The molecule has 1 atom stereocenters. The maximum atomic E-state index is 5.44. The van der Waals surface area contributed by atoms with Crippen molar-refractivity contribution in [3.63, 3.8) is 0 Å². The average Bonchev–Trinajstić information content (AvgIpc) is 3.11. The summed E-state index contributed by atoms with van der Waals surface area (Å²) in [5, 5.41) is 6.08. The molecule has 4 nitrogen and oxygen atoms in total. The van der Waals surface area contributed by atoms with Crippen LogP contribution in [0.1, 0.15) is 31.9 Å². The largest absolute Gasteiger partial charge is 0.358 e. The Bertz CT molecular complexity index is 549.